The Hall–Kier alpha value is -0.960. The third-order valence-electron chi connectivity index (χ3n) is 4.45. The van der Waals surface area contributed by atoms with Gasteiger partial charge in [-0.05, 0) is 61.3 Å². The van der Waals surface area contributed by atoms with E-state index in [1.165, 1.54) is 12.5 Å². The van der Waals surface area contributed by atoms with Crippen LogP contribution in [0, 0.1) is 23.5 Å². The maximum atomic E-state index is 13.6. The zero-order chi connectivity index (χ0) is 12.0. The molecule has 3 rings (SSSR count). The van der Waals surface area contributed by atoms with Gasteiger partial charge in [-0.25, -0.2) is 8.78 Å². The lowest BCUT2D eigenvalue weighted by Crippen LogP contribution is -2.37. The fourth-order valence-electron chi connectivity index (χ4n) is 3.64. The van der Waals surface area contributed by atoms with E-state index in [1.54, 1.807) is 0 Å². The number of aliphatic hydroxyl groups is 1. The molecule has 3 unspecified atom stereocenters. The summed E-state index contributed by atoms with van der Waals surface area (Å²) >= 11 is 0. The Morgan fingerprint density at radius 3 is 2.76 bits per heavy atom. The molecule has 0 aliphatic heterocycles. The van der Waals surface area contributed by atoms with Gasteiger partial charge in [-0.1, -0.05) is 0 Å². The van der Waals surface area contributed by atoms with E-state index in [9.17, 15) is 13.9 Å². The fraction of sp³-hybridized carbons (Fsp3) is 0.571. The Labute approximate surface area is 99.5 Å². The molecule has 2 fully saturated rings. The highest BCUT2D eigenvalue weighted by Crippen LogP contribution is 2.52. The maximum Gasteiger partial charge on any atom is 0.126 e. The molecule has 17 heavy (non-hydrogen) atoms. The van der Waals surface area contributed by atoms with E-state index < -0.39 is 17.2 Å². The average Bonchev–Trinajstić information content (AvgIpc) is 2.83. The summed E-state index contributed by atoms with van der Waals surface area (Å²) in [6.07, 6.45) is 4.25. The van der Waals surface area contributed by atoms with Gasteiger partial charge in [-0.15, -0.1) is 0 Å². The molecule has 0 aromatic heterocycles. The second kappa shape index (κ2) is 3.77. The fourth-order valence-corrected chi connectivity index (χ4v) is 3.64. The van der Waals surface area contributed by atoms with Gasteiger partial charge in [0.25, 0.3) is 0 Å². The molecule has 0 radical (unpaired) electrons. The van der Waals surface area contributed by atoms with Crippen LogP contribution >= 0.6 is 0 Å². The lowest BCUT2D eigenvalue weighted by molar-refractivity contribution is -0.0132. The molecule has 0 heterocycles. The molecule has 1 aromatic carbocycles. The molecule has 0 saturated heterocycles. The van der Waals surface area contributed by atoms with E-state index in [0.29, 0.717) is 11.5 Å². The summed E-state index contributed by atoms with van der Waals surface area (Å²) in [5.74, 6) is 0.00698. The quantitative estimate of drug-likeness (QED) is 0.839. The van der Waals surface area contributed by atoms with Gasteiger partial charge in [0, 0.05) is 6.42 Å². The van der Waals surface area contributed by atoms with Crippen molar-refractivity contribution in [2.75, 3.05) is 0 Å². The molecular formula is C14H16F2O. The van der Waals surface area contributed by atoms with Crippen LogP contribution in [0.2, 0.25) is 0 Å². The Bertz CT molecular complexity index is 446. The van der Waals surface area contributed by atoms with Gasteiger partial charge < -0.3 is 5.11 Å². The molecule has 92 valence electrons. The normalized spacial score (nSPS) is 35.5. The van der Waals surface area contributed by atoms with Crippen LogP contribution in [0.25, 0.3) is 0 Å². The highest BCUT2D eigenvalue weighted by molar-refractivity contribution is 5.22. The standard InChI is InChI=1S/C14H16F2O/c15-12-3-4-13(16)10(6-12)8-14(17)7-9-1-2-11(14)5-9/h3-4,6,9,11,17H,1-2,5,7-8H2. The van der Waals surface area contributed by atoms with Gasteiger partial charge in [0.1, 0.15) is 11.6 Å². The minimum Gasteiger partial charge on any atom is -0.389 e. The van der Waals surface area contributed by atoms with Crippen LogP contribution in [0.5, 0.6) is 0 Å². The van der Waals surface area contributed by atoms with Crippen molar-refractivity contribution in [3.05, 3.63) is 35.4 Å². The van der Waals surface area contributed by atoms with E-state index >= 15 is 0 Å². The first kappa shape index (κ1) is 11.1. The van der Waals surface area contributed by atoms with Crippen molar-refractivity contribution in [1.82, 2.24) is 0 Å². The molecule has 2 aliphatic rings. The van der Waals surface area contributed by atoms with Crippen molar-refractivity contribution in [3.8, 4) is 0 Å². The van der Waals surface area contributed by atoms with Gasteiger partial charge in [-0.3, -0.25) is 0 Å². The van der Waals surface area contributed by atoms with Gasteiger partial charge in [-0.2, -0.15) is 0 Å². The van der Waals surface area contributed by atoms with Crippen molar-refractivity contribution in [2.45, 2.75) is 37.7 Å². The molecule has 0 spiro atoms. The number of halogens is 2. The molecule has 1 N–H and O–H groups in total. The third kappa shape index (κ3) is 1.86. The highest BCUT2D eigenvalue weighted by atomic mass is 19.1. The van der Waals surface area contributed by atoms with Crippen LogP contribution in [0.3, 0.4) is 0 Å². The van der Waals surface area contributed by atoms with E-state index in [1.807, 2.05) is 0 Å². The first-order chi connectivity index (χ1) is 8.07. The number of rotatable bonds is 2. The topological polar surface area (TPSA) is 20.2 Å². The van der Waals surface area contributed by atoms with Gasteiger partial charge in [0.2, 0.25) is 0 Å². The van der Waals surface area contributed by atoms with Gasteiger partial charge in [0.05, 0.1) is 5.60 Å². The van der Waals surface area contributed by atoms with E-state index in [-0.39, 0.29) is 12.3 Å². The largest absolute Gasteiger partial charge is 0.389 e. The van der Waals surface area contributed by atoms with E-state index in [2.05, 4.69) is 0 Å². The van der Waals surface area contributed by atoms with Crippen molar-refractivity contribution < 1.29 is 13.9 Å². The summed E-state index contributed by atoms with van der Waals surface area (Å²) in [4.78, 5) is 0. The summed E-state index contributed by atoms with van der Waals surface area (Å²) in [6, 6.07) is 3.46. The van der Waals surface area contributed by atoms with Crippen molar-refractivity contribution >= 4 is 0 Å². The van der Waals surface area contributed by atoms with Crippen LogP contribution in [-0.2, 0) is 6.42 Å². The van der Waals surface area contributed by atoms with Gasteiger partial charge >= 0.3 is 0 Å². The third-order valence-corrected chi connectivity index (χ3v) is 4.45. The molecule has 0 amide bonds. The number of benzene rings is 1. The second-order valence-electron chi connectivity index (χ2n) is 5.60. The Morgan fingerprint density at radius 1 is 1.29 bits per heavy atom. The number of hydrogen-bond donors (Lipinski definition) is 1. The Morgan fingerprint density at radius 2 is 2.12 bits per heavy atom. The molecule has 1 nitrogen and oxygen atoms in total. The summed E-state index contributed by atoms with van der Waals surface area (Å²) < 4.78 is 26.6. The molecule has 2 bridgehead atoms. The predicted molar refractivity (Wildman–Crippen MR) is 60.5 cm³/mol. The van der Waals surface area contributed by atoms with E-state index in [0.717, 1.165) is 31.4 Å². The van der Waals surface area contributed by atoms with Crippen molar-refractivity contribution in [3.63, 3.8) is 0 Å². The molecule has 1 aromatic rings. The van der Waals surface area contributed by atoms with Crippen LogP contribution in [-0.4, -0.2) is 10.7 Å². The van der Waals surface area contributed by atoms with Crippen molar-refractivity contribution in [1.29, 1.82) is 0 Å². The summed E-state index contributed by atoms with van der Waals surface area (Å²) in [5.41, 5.74) is -0.502. The lowest BCUT2D eigenvalue weighted by atomic mass is 9.80. The number of hydrogen-bond acceptors (Lipinski definition) is 1. The highest BCUT2D eigenvalue weighted by Gasteiger charge is 2.49. The predicted octanol–water partition coefficient (Wildman–Crippen LogP) is 3.06. The Balaban J connectivity index is 1.85. The zero-order valence-electron chi connectivity index (χ0n) is 9.63. The van der Waals surface area contributed by atoms with Gasteiger partial charge in [0.15, 0.2) is 0 Å². The SMILES string of the molecule is OC1(Cc2cc(F)ccc2F)CC2CCC1C2. The summed E-state index contributed by atoms with van der Waals surface area (Å²) in [5, 5.41) is 10.6. The molecule has 2 aliphatic carbocycles. The maximum absolute atomic E-state index is 13.6. The number of fused-ring (bicyclic) bond motifs is 2. The summed E-state index contributed by atoms with van der Waals surface area (Å²) in [7, 11) is 0. The second-order valence-corrected chi connectivity index (χ2v) is 5.60. The molecular weight excluding hydrogens is 222 g/mol. The monoisotopic (exact) mass is 238 g/mol. The first-order valence-electron chi connectivity index (χ1n) is 6.23. The van der Waals surface area contributed by atoms with Crippen LogP contribution < -0.4 is 0 Å². The molecule has 3 heteroatoms. The first-order valence-corrected chi connectivity index (χ1v) is 6.23. The molecule has 2 saturated carbocycles. The van der Waals surface area contributed by atoms with E-state index in [4.69, 9.17) is 0 Å². The summed E-state index contributed by atoms with van der Waals surface area (Å²) in [6.45, 7) is 0. The lowest BCUT2D eigenvalue weighted by Gasteiger charge is -2.32. The molecule has 3 atom stereocenters. The minimum atomic E-state index is -0.808. The smallest absolute Gasteiger partial charge is 0.126 e. The average molecular weight is 238 g/mol. The van der Waals surface area contributed by atoms with Crippen LogP contribution in [0.15, 0.2) is 18.2 Å². The van der Waals surface area contributed by atoms with Crippen molar-refractivity contribution in [2.24, 2.45) is 11.8 Å². The zero-order valence-corrected chi connectivity index (χ0v) is 9.63. The van der Waals surface area contributed by atoms with Crippen LogP contribution in [0.4, 0.5) is 8.78 Å². The minimum absolute atomic E-state index is 0.248. The Kier molecular flexibility index (Phi) is 2.47. The van der Waals surface area contributed by atoms with Crippen LogP contribution in [0.1, 0.15) is 31.2 Å².